The number of rotatable bonds is 4. The number of benzene rings is 1. The molecule has 1 aromatic carbocycles. The van der Waals surface area contributed by atoms with Crippen LogP contribution in [0.3, 0.4) is 0 Å². The highest BCUT2D eigenvalue weighted by atomic mass is 16.5. The second-order valence-electron chi connectivity index (χ2n) is 5.75. The number of nitrogens with one attached hydrogen (secondary N) is 1. The summed E-state index contributed by atoms with van der Waals surface area (Å²) in [6.07, 6.45) is 0. The third kappa shape index (κ3) is 2.61. The lowest BCUT2D eigenvalue weighted by molar-refractivity contribution is 0.337. The molecule has 0 saturated carbocycles. The van der Waals surface area contributed by atoms with E-state index in [0.29, 0.717) is 6.61 Å². The Morgan fingerprint density at radius 2 is 2.00 bits per heavy atom. The van der Waals surface area contributed by atoms with Gasteiger partial charge >= 0.3 is 0 Å². The van der Waals surface area contributed by atoms with Gasteiger partial charge in [0.15, 0.2) is 11.3 Å². The first-order valence-corrected chi connectivity index (χ1v) is 6.81. The van der Waals surface area contributed by atoms with Crippen molar-refractivity contribution in [2.24, 2.45) is 0 Å². The maximum Gasteiger partial charge on any atom is 0.176 e. The number of fused-ring (bicyclic) bond motifs is 1. The van der Waals surface area contributed by atoms with Gasteiger partial charge in [0.25, 0.3) is 0 Å². The van der Waals surface area contributed by atoms with Gasteiger partial charge in [0.1, 0.15) is 5.76 Å². The van der Waals surface area contributed by atoms with Gasteiger partial charge in [-0.25, -0.2) is 0 Å². The molecule has 1 N–H and O–H groups in total. The van der Waals surface area contributed by atoms with Crippen LogP contribution in [0.15, 0.2) is 22.6 Å². The lowest BCUT2D eigenvalue weighted by atomic mass is 9.84. The fraction of sp³-hybridized carbons (Fsp3) is 0.500. The van der Waals surface area contributed by atoms with Crippen molar-refractivity contribution in [1.29, 1.82) is 0 Å². The van der Waals surface area contributed by atoms with Gasteiger partial charge in [-0.2, -0.15) is 0 Å². The van der Waals surface area contributed by atoms with E-state index in [2.05, 4.69) is 32.2 Å². The van der Waals surface area contributed by atoms with Crippen LogP contribution in [-0.4, -0.2) is 13.7 Å². The van der Waals surface area contributed by atoms with E-state index >= 15 is 0 Å². The molecule has 1 aromatic heterocycles. The smallest absolute Gasteiger partial charge is 0.176 e. The summed E-state index contributed by atoms with van der Waals surface area (Å²) < 4.78 is 11.7. The molecule has 0 unspecified atom stereocenters. The molecule has 0 fully saturated rings. The van der Waals surface area contributed by atoms with Gasteiger partial charge in [0.05, 0.1) is 13.2 Å². The molecule has 0 aliphatic carbocycles. The van der Waals surface area contributed by atoms with Crippen LogP contribution in [0.2, 0.25) is 0 Å². The Kier molecular flexibility index (Phi) is 3.85. The number of hydrogen-bond donors (Lipinski definition) is 1. The van der Waals surface area contributed by atoms with Crippen LogP contribution in [-0.2, 0) is 12.0 Å². The molecular weight excluding hydrogens is 238 g/mol. The zero-order chi connectivity index (χ0) is 14.0. The Morgan fingerprint density at radius 3 is 2.58 bits per heavy atom. The van der Waals surface area contributed by atoms with Crippen LogP contribution >= 0.6 is 0 Å². The third-order valence-corrected chi connectivity index (χ3v) is 3.14. The van der Waals surface area contributed by atoms with Crippen molar-refractivity contribution >= 4 is 11.0 Å². The van der Waals surface area contributed by atoms with Crippen molar-refractivity contribution in [2.45, 2.75) is 39.7 Å². The predicted octanol–water partition coefficient (Wildman–Crippen LogP) is 3.85. The maximum absolute atomic E-state index is 6.06. The Bertz CT molecular complexity index is 564. The Balaban J connectivity index is 2.69. The largest absolute Gasteiger partial charge is 0.490 e. The zero-order valence-electron chi connectivity index (χ0n) is 12.5. The molecule has 0 aliphatic rings. The molecule has 0 amide bonds. The number of furan rings is 1. The lowest BCUT2D eigenvalue weighted by Gasteiger charge is -2.19. The van der Waals surface area contributed by atoms with Crippen molar-refractivity contribution in [3.63, 3.8) is 0 Å². The van der Waals surface area contributed by atoms with Crippen molar-refractivity contribution in [2.75, 3.05) is 13.7 Å². The van der Waals surface area contributed by atoms with E-state index in [1.165, 1.54) is 5.56 Å². The first kappa shape index (κ1) is 13.9. The second-order valence-corrected chi connectivity index (χ2v) is 5.75. The predicted molar refractivity (Wildman–Crippen MR) is 78.8 cm³/mol. The first-order chi connectivity index (χ1) is 8.99. The summed E-state index contributed by atoms with van der Waals surface area (Å²) in [5, 5.41) is 4.33. The van der Waals surface area contributed by atoms with Crippen LogP contribution in [0.25, 0.3) is 11.0 Å². The van der Waals surface area contributed by atoms with Crippen molar-refractivity contribution in [1.82, 2.24) is 5.32 Å². The van der Waals surface area contributed by atoms with Gasteiger partial charge in [0, 0.05) is 10.9 Å². The minimum Gasteiger partial charge on any atom is -0.490 e. The maximum atomic E-state index is 6.06. The molecule has 1 heterocycles. The fourth-order valence-electron chi connectivity index (χ4n) is 2.52. The number of hydrogen-bond acceptors (Lipinski definition) is 3. The molecule has 0 atom stereocenters. The monoisotopic (exact) mass is 261 g/mol. The minimum absolute atomic E-state index is 0.0439. The highest BCUT2D eigenvalue weighted by Crippen LogP contribution is 2.39. The number of ether oxygens (including phenoxy) is 1. The van der Waals surface area contributed by atoms with E-state index in [4.69, 9.17) is 9.15 Å². The molecule has 0 spiro atoms. The first-order valence-electron chi connectivity index (χ1n) is 6.81. The van der Waals surface area contributed by atoms with E-state index in [1.54, 1.807) is 0 Å². The summed E-state index contributed by atoms with van der Waals surface area (Å²) in [6.45, 7) is 10.00. The average Bonchev–Trinajstić information content (AvgIpc) is 2.68. The van der Waals surface area contributed by atoms with E-state index in [-0.39, 0.29) is 5.41 Å². The molecule has 0 saturated heterocycles. The molecule has 104 valence electrons. The number of para-hydroxylation sites is 1. The molecule has 2 rings (SSSR count). The van der Waals surface area contributed by atoms with Crippen molar-refractivity contribution in [3.8, 4) is 5.75 Å². The van der Waals surface area contributed by atoms with Gasteiger partial charge in [-0.3, -0.25) is 0 Å². The third-order valence-electron chi connectivity index (χ3n) is 3.14. The van der Waals surface area contributed by atoms with Crippen molar-refractivity contribution in [3.05, 3.63) is 29.5 Å². The van der Waals surface area contributed by atoms with Crippen LogP contribution in [0.5, 0.6) is 5.75 Å². The van der Waals surface area contributed by atoms with E-state index in [0.717, 1.165) is 29.0 Å². The van der Waals surface area contributed by atoms with Crippen LogP contribution in [0, 0.1) is 0 Å². The highest BCUT2D eigenvalue weighted by Gasteiger charge is 2.26. The van der Waals surface area contributed by atoms with Crippen LogP contribution in [0.1, 0.15) is 39.0 Å². The van der Waals surface area contributed by atoms with Gasteiger partial charge in [0.2, 0.25) is 0 Å². The minimum atomic E-state index is 0.0439. The summed E-state index contributed by atoms with van der Waals surface area (Å²) in [4.78, 5) is 0. The van der Waals surface area contributed by atoms with E-state index in [1.807, 2.05) is 26.1 Å². The second kappa shape index (κ2) is 5.25. The summed E-state index contributed by atoms with van der Waals surface area (Å²) >= 11 is 0. The molecule has 0 radical (unpaired) electrons. The quantitative estimate of drug-likeness (QED) is 0.907. The highest BCUT2D eigenvalue weighted by molar-refractivity contribution is 5.88. The van der Waals surface area contributed by atoms with Crippen molar-refractivity contribution < 1.29 is 9.15 Å². The van der Waals surface area contributed by atoms with Gasteiger partial charge < -0.3 is 14.5 Å². The molecule has 19 heavy (non-hydrogen) atoms. The lowest BCUT2D eigenvalue weighted by Crippen LogP contribution is -2.15. The Morgan fingerprint density at radius 1 is 1.26 bits per heavy atom. The van der Waals surface area contributed by atoms with Gasteiger partial charge in [-0.05, 0) is 25.5 Å². The summed E-state index contributed by atoms with van der Waals surface area (Å²) in [5.74, 6) is 1.82. The van der Waals surface area contributed by atoms with Crippen LogP contribution in [0.4, 0.5) is 0 Å². The summed E-state index contributed by atoms with van der Waals surface area (Å²) in [7, 11) is 1.93. The van der Waals surface area contributed by atoms with Gasteiger partial charge in [-0.1, -0.05) is 32.9 Å². The molecule has 3 heteroatoms. The average molecular weight is 261 g/mol. The standard InChI is InChI=1S/C16H23NO2/c1-6-18-12-9-7-8-11-14(16(2,3)4)13(10-17-5)19-15(11)12/h7-9,17H,6,10H2,1-5H3. The summed E-state index contributed by atoms with van der Waals surface area (Å²) in [5.41, 5.74) is 2.17. The van der Waals surface area contributed by atoms with E-state index < -0.39 is 0 Å². The Hall–Kier alpha value is -1.48. The molecule has 0 bridgehead atoms. The van der Waals surface area contributed by atoms with Gasteiger partial charge in [-0.15, -0.1) is 0 Å². The topological polar surface area (TPSA) is 34.4 Å². The molecule has 2 aromatic rings. The SMILES string of the molecule is CCOc1cccc2c(C(C)(C)C)c(CNC)oc12. The zero-order valence-corrected chi connectivity index (χ0v) is 12.5. The Labute approximate surface area is 114 Å². The molecule has 0 aliphatic heterocycles. The normalized spacial score (nSPS) is 12.1. The van der Waals surface area contributed by atoms with Crippen LogP contribution < -0.4 is 10.1 Å². The fourth-order valence-corrected chi connectivity index (χ4v) is 2.52. The van der Waals surface area contributed by atoms with E-state index in [9.17, 15) is 0 Å². The molecular formula is C16H23NO2. The molecule has 3 nitrogen and oxygen atoms in total. The summed E-state index contributed by atoms with van der Waals surface area (Å²) in [6, 6.07) is 6.10.